The lowest BCUT2D eigenvalue weighted by Gasteiger charge is -2.45. The van der Waals surface area contributed by atoms with E-state index in [4.69, 9.17) is 19.9 Å². The van der Waals surface area contributed by atoms with E-state index < -0.39 is 5.54 Å². The van der Waals surface area contributed by atoms with Gasteiger partial charge in [0.05, 0.1) is 25.3 Å². The molecule has 3 aliphatic heterocycles. The minimum Gasteiger partial charge on any atom is -0.489 e. The van der Waals surface area contributed by atoms with Gasteiger partial charge >= 0.3 is 0 Å². The highest BCUT2D eigenvalue weighted by Gasteiger charge is 2.54. The van der Waals surface area contributed by atoms with Crippen LogP contribution in [0.15, 0.2) is 41.7 Å². The molecular weight excluding hydrogens is 337 g/mol. The molecule has 2 N–H and O–H groups in total. The van der Waals surface area contributed by atoms with Gasteiger partial charge in [-0.05, 0) is 23.8 Å². The quantitative estimate of drug-likeness (QED) is 0.849. The Morgan fingerprint density at radius 3 is 2.92 bits per heavy atom. The van der Waals surface area contributed by atoms with Crippen LogP contribution in [0, 0.1) is 11.7 Å². The molecule has 1 fully saturated rings. The van der Waals surface area contributed by atoms with Crippen molar-refractivity contribution >= 4 is 6.02 Å². The first kappa shape index (κ1) is 15.6. The minimum absolute atomic E-state index is 0.0104. The van der Waals surface area contributed by atoms with Gasteiger partial charge in [0.25, 0.3) is 6.02 Å². The highest BCUT2D eigenvalue weighted by molar-refractivity contribution is 5.75. The fourth-order valence-corrected chi connectivity index (χ4v) is 4.16. The van der Waals surface area contributed by atoms with Crippen LogP contribution in [0.25, 0.3) is 11.1 Å². The Bertz CT molecular complexity index is 903. The second kappa shape index (κ2) is 5.67. The first-order valence-electron chi connectivity index (χ1n) is 8.64. The van der Waals surface area contributed by atoms with Crippen LogP contribution in [0.2, 0.25) is 0 Å². The van der Waals surface area contributed by atoms with E-state index in [-0.39, 0.29) is 23.9 Å². The minimum atomic E-state index is -0.639. The molecule has 134 valence electrons. The van der Waals surface area contributed by atoms with Crippen molar-refractivity contribution in [1.29, 1.82) is 0 Å². The summed E-state index contributed by atoms with van der Waals surface area (Å²) in [6.07, 6.45) is 3.63. The molecule has 26 heavy (non-hydrogen) atoms. The van der Waals surface area contributed by atoms with Crippen molar-refractivity contribution in [3.63, 3.8) is 0 Å². The predicted octanol–water partition coefficient (Wildman–Crippen LogP) is 2.23. The van der Waals surface area contributed by atoms with Crippen LogP contribution in [-0.4, -0.2) is 36.9 Å². The van der Waals surface area contributed by atoms with Gasteiger partial charge in [-0.15, -0.1) is 0 Å². The van der Waals surface area contributed by atoms with Gasteiger partial charge in [0, 0.05) is 23.7 Å². The van der Waals surface area contributed by atoms with E-state index in [0.717, 1.165) is 23.3 Å². The molecule has 1 unspecified atom stereocenters. The summed E-state index contributed by atoms with van der Waals surface area (Å²) in [5.74, 6) is 0.410. The monoisotopic (exact) mass is 355 g/mol. The highest BCUT2D eigenvalue weighted by atomic mass is 19.1. The molecule has 2 aromatic rings. The third kappa shape index (κ3) is 2.27. The zero-order valence-corrected chi connectivity index (χ0v) is 14.0. The number of aromatic nitrogens is 1. The van der Waals surface area contributed by atoms with E-state index in [9.17, 15) is 4.39 Å². The van der Waals surface area contributed by atoms with Crippen LogP contribution in [0.4, 0.5) is 4.39 Å². The smallest absolute Gasteiger partial charge is 0.283 e. The van der Waals surface area contributed by atoms with Crippen molar-refractivity contribution in [1.82, 2.24) is 4.98 Å². The Kier molecular flexibility index (Phi) is 3.40. The van der Waals surface area contributed by atoms with Crippen molar-refractivity contribution in [3.8, 4) is 16.9 Å². The summed E-state index contributed by atoms with van der Waals surface area (Å²) in [7, 11) is 0. The van der Waals surface area contributed by atoms with Crippen molar-refractivity contribution in [2.45, 2.75) is 18.1 Å². The van der Waals surface area contributed by atoms with Gasteiger partial charge in [0.1, 0.15) is 29.8 Å². The SMILES string of the molecule is NC1=N[C@@]2(CO1)c1cc(-c3cncc(F)c3)ccc1O[C@H]1CCOCC12. The Morgan fingerprint density at radius 1 is 1.19 bits per heavy atom. The molecule has 1 saturated heterocycles. The first-order chi connectivity index (χ1) is 12.7. The second-order valence-corrected chi connectivity index (χ2v) is 6.89. The van der Waals surface area contributed by atoms with Crippen LogP contribution in [0.5, 0.6) is 5.75 Å². The Balaban J connectivity index is 1.67. The predicted molar refractivity (Wildman–Crippen MR) is 92.2 cm³/mol. The van der Waals surface area contributed by atoms with Crippen molar-refractivity contribution < 1.29 is 18.6 Å². The fourth-order valence-electron chi connectivity index (χ4n) is 4.16. The maximum atomic E-state index is 13.6. The molecule has 1 aromatic carbocycles. The highest BCUT2D eigenvalue weighted by Crippen LogP contribution is 2.50. The van der Waals surface area contributed by atoms with Gasteiger partial charge in [-0.2, -0.15) is 0 Å². The number of fused-ring (bicyclic) bond motifs is 4. The summed E-state index contributed by atoms with van der Waals surface area (Å²) in [5, 5.41) is 0. The lowest BCUT2D eigenvalue weighted by molar-refractivity contribution is -0.0726. The Morgan fingerprint density at radius 2 is 2.12 bits per heavy atom. The van der Waals surface area contributed by atoms with Crippen LogP contribution >= 0.6 is 0 Å². The molecule has 6 nitrogen and oxygen atoms in total. The summed E-state index contributed by atoms with van der Waals surface area (Å²) in [6, 6.07) is 7.43. The van der Waals surface area contributed by atoms with Crippen LogP contribution in [0.3, 0.4) is 0 Å². The Hall–Kier alpha value is -2.67. The molecule has 1 aromatic heterocycles. The third-order valence-corrected chi connectivity index (χ3v) is 5.42. The van der Waals surface area contributed by atoms with Crippen molar-refractivity contribution in [2.75, 3.05) is 19.8 Å². The zero-order valence-electron chi connectivity index (χ0n) is 14.0. The molecule has 3 atom stereocenters. The maximum absolute atomic E-state index is 13.6. The summed E-state index contributed by atoms with van der Waals surface area (Å²) in [6.45, 7) is 1.56. The number of nitrogens with two attached hydrogens (primary N) is 1. The van der Waals surface area contributed by atoms with Gasteiger partial charge in [-0.25, -0.2) is 9.38 Å². The number of rotatable bonds is 1. The lowest BCUT2D eigenvalue weighted by Crippen LogP contribution is -2.52. The van der Waals surface area contributed by atoms with Gasteiger partial charge in [-0.3, -0.25) is 4.98 Å². The van der Waals surface area contributed by atoms with Gasteiger partial charge in [0.15, 0.2) is 0 Å². The molecule has 7 heteroatoms. The number of hydrogen-bond donors (Lipinski definition) is 1. The normalized spacial score (nSPS) is 29.3. The molecule has 3 aliphatic rings. The van der Waals surface area contributed by atoms with E-state index in [2.05, 4.69) is 9.98 Å². The number of aliphatic imine (C=N–C) groups is 1. The van der Waals surface area contributed by atoms with Crippen molar-refractivity contribution in [2.24, 2.45) is 16.6 Å². The molecule has 0 saturated carbocycles. The number of ether oxygens (including phenoxy) is 3. The van der Waals surface area contributed by atoms with E-state index in [0.29, 0.717) is 25.4 Å². The summed E-state index contributed by atoms with van der Waals surface area (Å²) in [4.78, 5) is 8.62. The van der Waals surface area contributed by atoms with Gasteiger partial charge < -0.3 is 19.9 Å². The van der Waals surface area contributed by atoms with Crippen LogP contribution in [-0.2, 0) is 15.0 Å². The number of hydrogen-bond acceptors (Lipinski definition) is 6. The third-order valence-electron chi connectivity index (χ3n) is 5.42. The molecule has 0 aliphatic carbocycles. The van der Waals surface area contributed by atoms with E-state index in [1.807, 2.05) is 18.2 Å². The van der Waals surface area contributed by atoms with E-state index in [1.54, 1.807) is 6.20 Å². The number of amidine groups is 1. The van der Waals surface area contributed by atoms with E-state index >= 15 is 0 Å². The molecule has 1 spiro atoms. The molecule has 5 rings (SSSR count). The lowest BCUT2D eigenvalue weighted by atomic mass is 9.72. The maximum Gasteiger partial charge on any atom is 0.283 e. The molecule has 0 radical (unpaired) electrons. The average molecular weight is 355 g/mol. The number of nitrogens with zero attached hydrogens (tertiary/aromatic N) is 2. The zero-order chi connectivity index (χ0) is 17.7. The number of benzene rings is 1. The van der Waals surface area contributed by atoms with Crippen LogP contribution < -0.4 is 10.5 Å². The van der Waals surface area contributed by atoms with Crippen LogP contribution in [0.1, 0.15) is 12.0 Å². The van der Waals surface area contributed by atoms with Crippen molar-refractivity contribution in [3.05, 3.63) is 48.0 Å². The second-order valence-electron chi connectivity index (χ2n) is 6.89. The largest absolute Gasteiger partial charge is 0.489 e. The van der Waals surface area contributed by atoms with E-state index in [1.165, 1.54) is 12.3 Å². The Labute approximate surface area is 149 Å². The summed E-state index contributed by atoms with van der Waals surface area (Å²) in [5.41, 5.74) is 7.67. The summed E-state index contributed by atoms with van der Waals surface area (Å²) >= 11 is 0. The fraction of sp³-hybridized carbons (Fsp3) is 0.368. The standard InChI is InChI=1S/C19H18FN3O3/c20-13-5-12(7-22-8-13)11-1-2-16-14(6-11)19(10-25-18(21)23-19)15-9-24-4-3-17(15)26-16/h1-2,5-8,15,17H,3-4,9-10H2,(H2,21,23)/t15?,17-,19-/m0/s1. The summed E-state index contributed by atoms with van der Waals surface area (Å²) < 4.78 is 31.1. The van der Waals surface area contributed by atoms with Gasteiger partial charge in [-0.1, -0.05) is 6.07 Å². The number of pyridine rings is 1. The van der Waals surface area contributed by atoms with Gasteiger partial charge in [0.2, 0.25) is 0 Å². The number of halogens is 1. The topological polar surface area (TPSA) is 79.0 Å². The molecule has 4 heterocycles. The molecule has 0 amide bonds. The first-order valence-corrected chi connectivity index (χ1v) is 8.64. The molecule has 0 bridgehead atoms. The average Bonchev–Trinajstić information content (AvgIpc) is 3.04. The molecular formula is C19H18FN3O3.